The first kappa shape index (κ1) is 23.4. The van der Waals surface area contributed by atoms with Gasteiger partial charge in [0, 0.05) is 17.3 Å². The molecule has 0 saturated heterocycles. The number of halogens is 1. The van der Waals surface area contributed by atoms with E-state index < -0.39 is 6.04 Å². The number of benzene rings is 3. The van der Waals surface area contributed by atoms with E-state index in [9.17, 15) is 9.18 Å². The fourth-order valence-corrected chi connectivity index (χ4v) is 3.76. The third kappa shape index (κ3) is 5.77. The maximum absolute atomic E-state index is 14.9. The number of aromatic nitrogens is 2. The number of H-pyrrole nitrogens is 1. The molecule has 6 heteroatoms. The summed E-state index contributed by atoms with van der Waals surface area (Å²) in [6.07, 6.45) is 3.63. The van der Waals surface area contributed by atoms with Gasteiger partial charge in [-0.25, -0.2) is 4.39 Å². The Morgan fingerprint density at radius 1 is 0.971 bits per heavy atom. The van der Waals surface area contributed by atoms with Crippen LogP contribution >= 0.6 is 0 Å². The summed E-state index contributed by atoms with van der Waals surface area (Å²) >= 11 is 0. The number of hydrogen-bond acceptors (Lipinski definition) is 4. The van der Waals surface area contributed by atoms with E-state index in [1.54, 1.807) is 24.5 Å². The highest BCUT2D eigenvalue weighted by Crippen LogP contribution is 2.31. The van der Waals surface area contributed by atoms with Crippen molar-refractivity contribution in [3.63, 3.8) is 0 Å². The minimum atomic E-state index is -0.509. The predicted molar refractivity (Wildman–Crippen MR) is 131 cm³/mol. The molecule has 0 aliphatic carbocycles. The average Bonchev–Trinajstić information content (AvgIpc) is 3.34. The number of nitrogens with one attached hydrogen (secondary N) is 2. The van der Waals surface area contributed by atoms with Crippen LogP contribution in [0.4, 0.5) is 4.39 Å². The van der Waals surface area contributed by atoms with E-state index in [0.29, 0.717) is 5.56 Å². The van der Waals surface area contributed by atoms with Gasteiger partial charge in [-0.2, -0.15) is 5.10 Å². The maximum Gasteiger partial charge on any atom is 0.325 e. The smallest absolute Gasteiger partial charge is 0.325 e. The van der Waals surface area contributed by atoms with Gasteiger partial charge in [0.25, 0.3) is 0 Å². The summed E-state index contributed by atoms with van der Waals surface area (Å²) in [7, 11) is 0. The molecule has 5 nitrogen and oxygen atoms in total. The van der Waals surface area contributed by atoms with Crippen molar-refractivity contribution in [3.8, 4) is 22.3 Å². The van der Waals surface area contributed by atoms with Crippen molar-refractivity contribution >= 4 is 5.97 Å². The Bertz CT molecular complexity index is 1230. The van der Waals surface area contributed by atoms with Crippen molar-refractivity contribution in [2.75, 3.05) is 0 Å². The average molecular weight is 458 g/mol. The van der Waals surface area contributed by atoms with E-state index >= 15 is 0 Å². The molecule has 0 aliphatic heterocycles. The zero-order chi connectivity index (χ0) is 24.1. The second-order valence-electron chi connectivity index (χ2n) is 9.48. The van der Waals surface area contributed by atoms with Crippen LogP contribution in [0.25, 0.3) is 22.3 Å². The quantitative estimate of drug-likeness (QED) is 0.313. The Balaban J connectivity index is 1.61. The van der Waals surface area contributed by atoms with Crippen molar-refractivity contribution in [2.45, 2.75) is 33.2 Å². The standard InChI is InChI=1S/C28H28FN3O2/c1-28(2,3)16-26(33)34-32-27(23-17-30-31-18-23)22-13-14-25(29)24(15-22)21-11-9-20(10-12-21)19-7-5-4-6-8-19/h4-15,17-18,27,32H,16H2,1-3H3,(H,30,31). The van der Waals surface area contributed by atoms with Gasteiger partial charge in [-0.3, -0.25) is 9.89 Å². The normalized spacial score (nSPS) is 12.4. The van der Waals surface area contributed by atoms with Gasteiger partial charge in [0.2, 0.25) is 0 Å². The summed E-state index contributed by atoms with van der Waals surface area (Å²) in [5.74, 6) is -0.688. The van der Waals surface area contributed by atoms with Crippen molar-refractivity contribution in [3.05, 3.63) is 102 Å². The van der Waals surface area contributed by atoms with Crippen molar-refractivity contribution in [1.82, 2.24) is 15.7 Å². The van der Waals surface area contributed by atoms with Gasteiger partial charge >= 0.3 is 5.97 Å². The highest BCUT2D eigenvalue weighted by molar-refractivity contribution is 5.71. The Kier molecular flexibility index (Phi) is 6.89. The number of hydrogen-bond donors (Lipinski definition) is 2. The predicted octanol–water partition coefficient (Wildman–Crippen LogP) is 6.46. The van der Waals surface area contributed by atoms with Gasteiger partial charge < -0.3 is 4.84 Å². The molecule has 4 rings (SSSR count). The van der Waals surface area contributed by atoms with E-state index in [-0.39, 0.29) is 23.6 Å². The van der Waals surface area contributed by atoms with Crippen LogP contribution < -0.4 is 5.48 Å². The lowest BCUT2D eigenvalue weighted by Crippen LogP contribution is -2.28. The summed E-state index contributed by atoms with van der Waals surface area (Å²) in [5, 5.41) is 6.79. The topological polar surface area (TPSA) is 67.0 Å². The second-order valence-corrected chi connectivity index (χ2v) is 9.48. The van der Waals surface area contributed by atoms with E-state index in [0.717, 1.165) is 27.8 Å². The zero-order valence-corrected chi connectivity index (χ0v) is 19.5. The second kappa shape index (κ2) is 10.0. The number of nitrogens with zero attached hydrogens (tertiary/aromatic N) is 1. The van der Waals surface area contributed by atoms with Crippen molar-refractivity contribution < 1.29 is 14.0 Å². The van der Waals surface area contributed by atoms with Gasteiger partial charge in [-0.1, -0.05) is 81.4 Å². The third-order valence-electron chi connectivity index (χ3n) is 5.44. The lowest BCUT2D eigenvalue weighted by molar-refractivity contribution is -0.154. The molecule has 0 bridgehead atoms. The molecule has 3 aromatic carbocycles. The summed E-state index contributed by atoms with van der Waals surface area (Å²) in [6, 6.07) is 22.2. The molecule has 1 heterocycles. The Morgan fingerprint density at radius 2 is 1.65 bits per heavy atom. The SMILES string of the molecule is CC(C)(C)CC(=O)ONC(c1cn[nH]c1)c1ccc(F)c(-c2ccc(-c3ccccc3)cc2)c1. The van der Waals surface area contributed by atoms with Gasteiger partial charge in [-0.05, 0) is 39.8 Å². The molecular formula is C28H28FN3O2. The Hall–Kier alpha value is -3.77. The van der Waals surface area contributed by atoms with Crippen molar-refractivity contribution in [2.24, 2.45) is 5.41 Å². The number of hydroxylamine groups is 1. The number of rotatable bonds is 7. The largest absolute Gasteiger partial charge is 0.370 e. The minimum Gasteiger partial charge on any atom is -0.370 e. The van der Waals surface area contributed by atoms with Crippen LogP contribution in [0.1, 0.15) is 44.4 Å². The molecule has 2 N–H and O–H groups in total. The van der Waals surface area contributed by atoms with E-state index in [1.165, 1.54) is 6.07 Å². The van der Waals surface area contributed by atoms with Crippen molar-refractivity contribution in [1.29, 1.82) is 0 Å². The molecule has 0 radical (unpaired) electrons. The van der Waals surface area contributed by atoms with Crippen LogP contribution in [0.5, 0.6) is 0 Å². The number of carbonyl (C=O) groups excluding carboxylic acids is 1. The van der Waals surface area contributed by atoms with Crippen LogP contribution in [0.2, 0.25) is 0 Å². The van der Waals surface area contributed by atoms with E-state index in [4.69, 9.17) is 4.84 Å². The molecule has 0 aliphatic rings. The molecular weight excluding hydrogens is 429 g/mol. The molecule has 34 heavy (non-hydrogen) atoms. The Morgan fingerprint density at radius 3 is 2.29 bits per heavy atom. The van der Waals surface area contributed by atoms with E-state index in [2.05, 4.69) is 15.7 Å². The van der Waals surface area contributed by atoms with Gasteiger partial charge in [0.15, 0.2) is 0 Å². The molecule has 174 valence electrons. The third-order valence-corrected chi connectivity index (χ3v) is 5.44. The molecule has 0 amide bonds. The summed E-state index contributed by atoms with van der Waals surface area (Å²) in [4.78, 5) is 17.7. The minimum absolute atomic E-state index is 0.196. The lowest BCUT2D eigenvalue weighted by atomic mass is 9.93. The molecule has 0 spiro atoms. The number of aromatic amines is 1. The Labute approximate surface area is 198 Å². The first-order valence-corrected chi connectivity index (χ1v) is 11.2. The van der Waals surface area contributed by atoms with E-state index in [1.807, 2.05) is 75.4 Å². The molecule has 4 aromatic rings. The summed E-state index contributed by atoms with van der Waals surface area (Å²) in [5.41, 5.74) is 7.56. The highest BCUT2D eigenvalue weighted by atomic mass is 19.1. The monoisotopic (exact) mass is 457 g/mol. The number of carbonyl (C=O) groups is 1. The fourth-order valence-electron chi connectivity index (χ4n) is 3.76. The summed E-state index contributed by atoms with van der Waals surface area (Å²) in [6.45, 7) is 5.91. The molecule has 0 fully saturated rings. The maximum atomic E-state index is 14.9. The van der Waals surface area contributed by atoms with Crippen LogP contribution in [0.3, 0.4) is 0 Å². The molecule has 1 unspecified atom stereocenters. The highest BCUT2D eigenvalue weighted by Gasteiger charge is 2.22. The molecule has 0 saturated carbocycles. The van der Waals surface area contributed by atoms with Crippen LogP contribution in [0.15, 0.2) is 85.2 Å². The van der Waals surface area contributed by atoms with Gasteiger partial charge in [0.1, 0.15) is 5.82 Å². The van der Waals surface area contributed by atoms with Crippen LogP contribution in [0, 0.1) is 11.2 Å². The first-order chi connectivity index (χ1) is 16.3. The summed E-state index contributed by atoms with van der Waals surface area (Å²) < 4.78 is 14.9. The first-order valence-electron chi connectivity index (χ1n) is 11.2. The van der Waals surface area contributed by atoms with Crippen LogP contribution in [-0.2, 0) is 9.63 Å². The van der Waals surface area contributed by atoms with Gasteiger partial charge in [-0.15, -0.1) is 5.48 Å². The fraction of sp³-hybridized carbons (Fsp3) is 0.214. The molecule has 1 atom stereocenters. The van der Waals surface area contributed by atoms with Gasteiger partial charge in [0.05, 0.1) is 18.7 Å². The van der Waals surface area contributed by atoms with Crippen LogP contribution in [-0.4, -0.2) is 16.2 Å². The lowest BCUT2D eigenvalue weighted by Gasteiger charge is -2.21. The molecule has 1 aromatic heterocycles. The zero-order valence-electron chi connectivity index (χ0n) is 19.5.